The van der Waals surface area contributed by atoms with Crippen LogP contribution in [-0.2, 0) is 11.2 Å². The number of hydrogen-bond acceptors (Lipinski definition) is 5. The highest BCUT2D eigenvalue weighted by Crippen LogP contribution is 2.21. The molecule has 2 aromatic heterocycles. The number of anilines is 1. The highest BCUT2D eigenvalue weighted by Gasteiger charge is 2.24. The minimum Gasteiger partial charge on any atom is -0.352 e. The van der Waals surface area contributed by atoms with E-state index in [1.807, 2.05) is 26.1 Å². The van der Waals surface area contributed by atoms with Gasteiger partial charge in [-0.3, -0.25) is 4.79 Å². The molecule has 0 aliphatic carbocycles. The molecule has 1 unspecified atom stereocenters. The highest BCUT2D eigenvalue weighted by molar-refractivity contribution is 5.96. The number of nitrogens with one attached hydrogen (secondary N) is 3. The van der Waals surface area contributed by atoms with Crippen LogP contribution >= 0.6 is 0 Å². The van der Waals surface area contributed by atoms with E-state index < -0.39 is 5.95 Å². The lowest BCUT2D eigenvalue weighted by molar-refractivity contribution is -0.118. The van der Waals surface area contributed by atoms with E-state index in [4.69, 9.17) is 0 Å². The van der Waals surface area contributed by atoms with Crippen molar-refractivity contribution >= 4 is 11.7 Å². The highest BCUT2D eigenvalue weighted by atomic mass is 19.1. The smallest absolute Gasteiger partial charge is 0.250 e. The number of aryl methyl sites for hydroxylation is 1. The number of rotatable bonds is 6. The fourth-order valence-electron chi connectivity index (χ4n) is 3.16. The number of hydrogen-bond donors (Lipinski definition) is 3. The van der Waals surface area contributed by atoms with Crippen molar-refractivity contribution in [3.8, 4) is 0 Å². The van der Waals surface area contributed by atoms with Crippen LogP contribution in [0.25, 0.3) is 0 Å². The topological polar surface area (TPSA) is 78.9 Å². The van der Waals surface area contributed by atoms with Crippen LogP contribution in [0.2, 0.25) is 0 Å². The molecule has 0 bridgehead atoms. The van der Waals surface area contributed by atoms with Gasteiger partial charge in [0.25, 0.3) is 5.91 Å². The van der Waals surface area contributed by atoms with Crippen molar-refractivity contribution in [1.29, 1.82) is 0 Å². The van der Waals surface area contributed by atoms with Crippen molar-refractivity contribution < 1.29 is 9.18 Å². The Bertz CT molecular complexity index is 880. The summed E-state index contributed by atoms with van der Waals surface area (Å²) in [6.45, 7) is 4.26. The minimum atomic E-state index is -0.440. The van der Waals surface area contributed by atoms with Crippen LogP contribution in [0.1, 0.15) is 30.0 Å². The molecule has 0 aromatic carbocycles. The predicted octanol–water partition coefficient (Wildman–Crippen LogP) is 2.31. The maximum absolute atomic E-state index is 13.4. The van der Waals surface area contributed by atoms with Gasteiger partial charge < -0.3 is 16.0 Å². The SMILES string of the molecule is CNC(C)C1=C(Nc2cc(Cc3cnc(F)c(C)c3)ccn2)CCNC1=O. The average Bonchev–Trinajstić information content (AvgIpc) is 2.65. The number of carbonyl (C=O) groups is 1. The summed E-state index contributed by atoms with van der Waals surface area (Å²) in [6.07, 6.45) is 4.63. The van der Waals surface area contributed by atoms with Crippen LogP contribution in [0.5, 0.6) is 0 Å². The number of nitrogens with zero attached hydrogens (tertiary/aromatic N) is 2. The van der Waals surface area contributed by atoms with Crippen LogP contribution in [0.15, 0.2) is 41.9 Å². The van der Waals surface area contributed by atoms with E-state index >= 15 is 0 Å². The third-order valence-corrected chi connectivity index (χ3v) is 4.68. The van der Waals surface area contributed by atoms with Crippen LogP contribution in [0, 0.1) is 12.9 Å². The Morgan fingerprint density at radius 1 is 1.30 bits per heavy atom. The monoisotopic (exact) mass is 369 g/mol. The maximum atomic E-state index is 13.4. The first-order chi connectivity index (χ1) is 13.0. The summed E-state index contributed by atoms with van der Waals surface area (Å²) < 4.78 is 13.4. The van der Waals surface area contributed by atoms with Gasteiger partial charge >= 0.3 is 0 Å². The third kappa shape index (κ3) is 4.49. The summed E-state index contributed by atoms with van der Waals surface area (Å²) in [5.74, 6) is 0.184. The molecule has 27 heavy (non-hydrogen) atoms. The van der Waals surface area contributed by atoms with Gasteiger partial charge in [0.05, 0.1) is 5.57 Å². The van der Waals surface area contributed by atoms with Crippen molar-refractivity contribution in [1.82, 2.24) is 20.6 Å². The average molecular weight is 369 g/mol. The van der Waals surface area contributed by atoms with Crippen molar-refractivity contribution in [2.45, 2.75) is 32.7 Å². The van der Waals surface area contributed by atoms with E-state index in [2.05, 4.69) is 25.9 Å². The van der Waals surface area contributed by atoms with E-state index in [1.54, 1.807) is 25.4 Å². The van der Waals surface area contributed by atoms with E-state index in [-0.39, 0.29) is 11.9 Å². The molecule has 142 valence electrons. The molecule has 0 radical (unpaired) electrons. The number of carbonyl (C=O) groups excluding carboxylic acids is 1. The molecule has 3 N–H and O–H groups in total. The molecule has 1 aliphatic rings. The first-order valence-corrected chi connectivity index (χ1v) is 8.99. The van der Waals surface area contributed by atoms with Crippen LogP contribution in [0.3, 0.4) is 0 Å². The maximum Gasteiger partial charge on any atom is 0.250 e. The van der Waals surface area contributed by atoms with E-state index in [0.717, 1.165) is 23.2 Å². The van der Waals surface area contributed by atoms with E-state index in [9.17, 15) is 9.18 Å². The summed E-state index contributed by atoms with van der Waals surface area (Å²) in [4.78, 5) is 20.4. The molecule has 3 rings (SSSR count). The minimum absolute atomic E-state index is 0.0605. The van der Waals surface area contributed by atoms with Gasteiger partial charge in [0.2, 0.25) is 5.95 Å². The largest absolute Gasteiger partial charge is 0.352 e. The molecule has 0 saturated carbocycles. The number of amides is 1. The van der Waals surface area contributed by atoms with Gasteiger partial charge in [-0.1, -0.05) is 0 Å². The summed E-state index contributed by atoms with van der Waals surface area (Å²) in [5, 5.41) is 9.32. The van der Waals surface area contributed by atoms with Crippen molar-refractivity contribution in [2.75, 3.05) is 18.9 Å². The zero-order valence-electron chi connectivity index (χ0n) is 15.8. The summed E-state index contributed by atoms with van der Waals surface area (Å²) in [5.41, 5.74) is 4.08. The van der Waals surface area contributed by atoms with Gasteiger partial charge in [-0.2, -0.15) is 4.39 Å². The lowest BCUT2D eigenvalue weighted by Gasteiger charge is -2.25. The molecule has 1 aliphatic heterocycles. The first-order valence-electron chi connectivity index (χ1n) is 8.99. The lowest BCUT2D eigenvalue weighted by Crippen LogP contribution is -2.41. The summed E-state index contributed by atoms with van der Waals surface area (Å²) in [7, 11) is 1.83. The van der Waals surface area contributed by atoms with Gasteiger partial charge in [-0.15, -0.1) is 0 Å². The Balaban J connectivity index is 1.82. The summed E-state index contributed by atoms with van der Waals surface area (Å²) in [6, 6.07) is 5.60. The third-order valence-electron chi connectivity index (χ3n) is 4.68. The molecule has 0 fully saturated rings. The fraction of sp³-hybridized carbons (Fsp3) is 0.350. The molecular formula is C20H24FN5O. The Labute approximate surface area is 158 Å². The fourth-order valence-corrected chi connectivity index (χ4v) is 3.16. The Morgan fingerprint density at radius 3 is 2.85 bits per heavy atom. The Hall–Kier alpha value is -2.80. The number of halogens is 1. The molecule has 1 amide bonds. The van der Waals surface area contributed by atoms with Crippen molar-refractivity contribution in [3.05, 3.63) is 64.5 Å². The number of pyridine rings is 2. The van der Waals surface area contributed by atoms with Crippen molar-refractivity contribution in [3.63, 3.8) is 0 Å². The Kier molecular flexibility index (Phi) is 5.81. The molecule has 7 heteroatoms. The van der Waals surface area contributed by atoms with Crippen molar-refractivity contribution in [2.24, 2.45) is 0 Å². The van der Waals surface area contributed by atoms with Gasteiger partial charge in [0.1, 0.15) is 5.82 Å². The number of likely N-dealkylation sites (N-methyl/N-ethyl adjacent to an activating group) is 1. The van der Waals surface area contributed by atoms with Gasteiger partial charge in [0, 0.05) is 42.7 Å². The zero-order valence-corrected chi connectivity index (χ0v) is 15.8. The summed E-state index contributed by atoms with van der Waals surface area (Å²) >= 11 is 0. The van der Waals surface area contributed by atoms with Gasteiger partial charge in [-0.05, 0) is 56.6 Å². The normalized spacial score (nSPS) is 15.5. The van der Waals surface area contributed by atoms with E-state index in [0.29, 0.717) is 29.9 Å². The predicted molar refractivity (Wildman–Crippen MR) is 103 cm³/mol. The molecule has 6 nitrogen and oxygen atoms in total. The molecule has 1 atom stereocenters. The van der Waals surface area contributed by atoms with E-state index in [1.165, 1.54) is 0 Å². The Morgan fingerprint density at radius 2 is 2.11 bits per heavy atom. The lowest BCUT2D eigenvalue weighted by atomic mass is 10.00. The quantitative estimate of drug-likeness (QED) is 0.681. The van der Waals surface area contributed by atoms with Gasteiger partial charge in [-0.25, -0.2) is 9.97 Å². The second kappa shape index (κ2) is 8.26. The van der Waals surface area contributed by atoms with Crippen LogP contribution in [0.4, 0.5) is 10.2 Å². The second-order valence-corrected chi connectivity index (χ2v) is 6.71. The second-order valence-electron chi connectivity index (χ2n) is 6.71. The molecule has 0 spiro atoms. The van der Waals surface area contributed by atoms with Gasteiger partial charge in [0.15, 0.2) is 0 Å². The molecule has 3 heterocycles. The zero-order chi connectivity index (χ0) is 19.4. The molecule has 0 saturated heterocycles. The standard InChI is InChI=1S/C20H24FN5O/c1-12-8-15(11-25-19(12)21)9-14-4-6-23-17(10-14)26-16-5-7-24-20(27)18(16)13(2)22-3/h4,6,8,10-11,13,22H,5,7,9H2,1-3H3,(H,23,26)(H,24,27). The van der Waals surface area contributed by atoms with Crippen LogP contribution in [-0.4, -0.2) is 35.5 Å². The molecular weight excluding hydrogens is 345 g/mol. The first kappa shape index (κ1) is 19.0. The van der Waals surface area contributed by atoms with Crippen LogP contribution < -0.4 is 16.0 Å². The number of aromatic nitrogens is 2. The molecule has 2 aromatic rings.